The van der Waals surface area contributed by atoms with E-state index in [4.69, 9.17) is 0 Å². The van der Waals surface area contributed by atoms with Crippen LogP contribution in [0.1, 0.15) is 24.6 Å². The molecule has 8 nitrogen and oxygen atoms in total. The van der Waals surface area contributed by atoms with Crippen molar-refractivity contribution in [1.29, 1.82) is 0 Å². The first kappa shape index (κ1) is 22.2. The van der Waals surface area contributed by atoms with Gasteiger partial charge in [-0.2, -0.15) is 0 Å². The highest BCUT2D eigenvalue weighted by Crippen LogP contribution is 2.32. The molecule has 8 heteroatoms. The SMILES string of the molecule is CCCc1cc(=O)n(-c2ccccc2)c(=O)n1Cc1ccccc1-c1ccccc1-c1nnn[nH]1. The molecular formula is C27H24N6O2. The molecule has 0 radical (unpaired) electrons. The van der Waals surface area contributed by atoms with Crippen molar-refractivity contribution in [2.75, 3.05) is 0 Å². The summed E-state index contributed by atoms with van der Waals surface area (Å²) in [5, 5.41) is 14.3. The van der Waals surface area contributed by atoms with Crippen molar-refractivity contribution in [1.82, 2.24) is 29.8 Å². The molecule has 0 saturated heterocycles. The van der Waals surface area contributed by atoms with Crippen LogP contribution in [0.5, 0.6) is 0 Å². The molecule has 2 aromatic heterocycles. The van der Waals surface area contributed by atoms with Crippen molar-refractivity contribution >= 4 is 0 Å². The second-order valence-corrected chi connectivity index (χ2v) is 8.22. The first-order valence-corrected chi connectivity index (χ1v) is 11.5. The molecule has 0 spiro atoms. The van der Waals surface area contributed by atoms with Crippen LogP contribution < -0.4 is 11.2 Å². The van der Waals surface area contributed by atoms with Crippen LogP contribution in [0.25, 0.3) is 28.2 Å². The van der Waals surface area contributed by atoms with E-state index in [0.717, 1.165) is 34.4 Å². The maximum absolute atomic E-state index is 13.7. The number of benzene rings is 3. The zero-order chi connectivity index (χ0) is 24.2. The first-order chi connectivity index (χ1) is 17.2. The Morgan fingerprint density at radius 2 is 1.51 bits per heavy atom. The van der Waals surface area contributed by atoms with E-state index < -0.39 is 0 Å². The number of aromatic amines is 1. The van der Waals surface area contributed by atoms with E-state index in [1.165, 1.54) is 4.57 Å². The van der Waals surface area contributed by atoms with E-state index in [-0.39, 0.29) is 11.2 Å². The molecule has 0 aliphatic heterocycles. The molecule has 0 atom stereocenters. The van der Waals surface area contributed by atoms with Gasteiger partial charge in [0, 0.05) is 17.3 Å². The Morgan fingerprint density at radius 1 is 0.829 bits per heavy atom. The third-order valence-electron chi connectivity index (χ3n) is 5.96. The van der Waals surface area contributed by atoms with E-state index in [1.807, 2.05) is 73.7 Å². The lowest BCUT2D eigenvalue weighted by Crippen LogP contribution is -2.40. The quantitative estimate of drug-likeness (QED) is 0.395. The van der Waals surface area contributed by atoms with Gasteiger partial charge in [-0.25, -0.2) is 14.5 Å². The number of hydrogen-bond donors (Lipinski definition) is 1. The molecule has 0 unspecified atom stereocenters. The van der Waals surface area contributed by atoms with Gasteiger partial charge in [0.2, 0.25) is 0 Å². The summed E-state index contributed by atoms with van der Waals surface area (Å²) in [6, 6.07) is 26.4. The van der Waals surface area contributed by atoms with Crippen LogP contribution in [-0.2, 0) is 13.0 Å². The first-order valence-electron chi connectivity index (χ1n) is 11.5. The molecular weight excluding hydrogens is 440 g/mol. The van der Waals surface area contributed by atoms with E-state index in [1.54, 1.807) is 22.8 Å². The fourth-order valence-corrected chi connectivity index (χ4v) is 4.36. The van der Waals surface area contributed by atoms with Crippen molar-refractivity contribution in [3.8, 4) is 28.2 Å². The van der Waals surface area contributed by atoms with Gasteiger partial charge in [0.1, 0.15) is 0 Å². The molecule has 35 heavy (non-hydrogen) atoms. The Hall–Kier alpha value is -4.59. The lowest BCUT2D eigenvalue weighted by molar-refractivity contribution is 0.632. The maximum atomic E-state index is 13.7. The predicted molar refractivity (Wildman–Crippen MR) is 134 cm³/mol. The number of rotatable bonds is 7. The number of tetrazole rings is 1. The summed E-state index contributed by atoms with van der Waals surface area (Å²) in [4.78, 5) is 26.6. The Morgan fingerprint density at radius 3 is 2.23 bits per heavy atom. The largest absolute Gasteiger partial charge is 0.336 e. The van der Waals surface area contributed by atoms with Crippen molar-refractivity contribution in [2.24, 2.45) is 0 Å². The van der Waals surface area contributed by atoms with E-state index in [0.29, 0.717) is 24.5 Å². The minimum Gasteiger partial charge on any atom is -0.293 e. The lowest BCUT2D eigenvalue weighted by Gasteiger charge is -2.18. The molecule has 5 rings (SSSR count). The van der Waals surface area contributed by atoms with Crippen molar-refractivity contribution in [3.05, 3.63) is 117 Å². The summed E-state index contributed by atoms with van der Waals surface area (Å²) in [6.45, 7) is 2.35. The van der Waals surface area contributed by atoms with Crippen LogP contribution in [0.2, 0.25) is 0 Å². The normalized spacial score (nSPS) is 11.0. The van der Waals surface area contributed by atoms with Crippen molar-refractivity contribution in [3.63, 3.8) is 0 Å². The number of para-hydroxylation sites is 1. The molecule has 3 aromatic carbocycles. The van der Waals surface area contributed by atoms with Gasteiger partial charge in [-0.15, -0.1) is 5.10 Å². The molecule has 0 amide bonds. The van der Waals surface area contributed by atoms with Crippen LogP contribution >= 0.6 is 0 Å². The summed E-state index contributed by atoms with van der Waals surface area (Å²) in [7, 11) is 0. The average molecular weight is 465 g/mol. The highest BCUT2D eigenvalue weighted by Gasteiger charge is 2.17. The number of aromatic nitrogens is 6. The highest BCUT2D eigenvalue weighted by atomic mass is 16.2. The molecule has 2 heterocycles. The standard InChI is InChI=1S/C27H24N6O2/c1-2-10-21-17-25(34)33(20-12-4-3-5-13-20)27(35)32(21)18-19-11-6-7-14-22(19)23-15-8-9-16-24(23)26-28-30-31-29-26/h3-9,11-17H,2,10,18H2,1H3,(H,28,29,30,31). The van der Waals surface area contributed by atoms with E-state index >= 15 is 0 Å². The minimum absolute atomic E-state index is 0.320. The van der Waals surface area contributed by atoms with Gasteiger partial charge in [0.05, 0.1) is 12.2 Å². The van der Waals surface area contributed by atoms with Crippen molar-refractivity contribution < 1.29 is 0 Å². The van der Waals surface area contributed by atoms with Crippen molar-refractivity contribution in [2.45, 2.75) is 26.3 Å². The molecule has 0 fully saturated rings. The number of nitrogens with one attached hydrogen (secondary N) is 1. The molecule has 0 aliphatic rings. The molecule has 0 aliphatic carbocycles. The van der Waals surface area contributed by atoms with E-state index in [9.17, 15) is 9.59 Å². The number of nitrogens with zero attached hydrogens (tertiary/aromatic N) is 5. The predicted octanol–water partition coefficient (Wildman–Crippen LogP) is 3.85. The minimum atomic E-state index is -0.352. The van der Waals surface area contributed by atoms with Crippen LogP contribution in [-0.4, -0.2) is 29.8 Å². The zero-order valence-corrected chi connectivity index (χ0v) is 19.3. The number of H-pyrrole nitrogens is 1. The van der Waals surface area contributed by atoms with Gasteiger partial charge >= 0.3 is 5.69 Å². The third kappa shape index (κ3) is 4.33. The van der Waals surface area contributed by atoms with Crippen LogP contribution in [0.3, 0.4) is 0 Å². The molecule has 1 N–H and O–H groups in total. The summed E-state index contributed by atoms with van der Waals surface area (Å²) in [5.74, 6) is 0.567. The molecule has 0 bridgehead atoms. The second kappa shape index (κ2) is 9.72. The van der Waals surface area contributed by atoms with Gasteiger partial charge in [0.15, 0.2) is 5.82 Å². The Kier molecular flexibility index (Phi) is 6.17. The molecule has 174 valence electrons. The Bertz CT molecular complexity index is 1570. The van der Waals surface area contributed by atoms with Gasteiger partial charge in [-0.1, -0.05) is 80.1 Å². The smallest absolute Gasteiger partial charge is 0.293 e. The summed E-state index contributed by atoms with van der Waals surface area (Å²) < 4.78 is 2.94. The van der Waals surface area contributed by atoms with E-state index in [2.05, 4.69) is 20.6 Å². The van der Waals surface area contributed by atoms with Gasteiger partial charge < -0.3 is 0 Å². The van der Waals surface area contributed by atoms with Crippen LogP contribution in [0, 0.1) is 0 Å². The number of aryl methyl sites for hydroxylation is 1. The fraction of sp³-hybridized carbons (Fsp3) is 0.148. The second-order valence-electron chi connectivity index (χ2n) is 8.22. The van der Waals surface area contributed by atoms with Crippen LogP contribution in [0.15, 0.2) is 94.5 Å². The maximum Gasteiger partial charge on any atom is 0.336 e. The third-order valence-corrected chi connectivity index (χ3v) is 5.96. The molecule has 0 saturated carbocycles. The van der Waals surface area contributed by atoms with Crippen LogP contribution in [0.4, 0.5) is 0 Å². The molecule has 5 aromatic rings. The topological polar surface area (TPSA) is 98.5 Å². The Balaban J connectivity index is 1.67. The summed E-state index contributed by atoms with van der Waals surface area (Å²) in [5.41, 5.74) is 4.32. The zero-order valence-electron chi connectivity index (χ0n) is 19.3. The lowest BCUT2D eigenvalue weighted by atomic mass is 9.95. The van der Waals surface area contributed by atoms with Gasteiger partial charge in [-0.3, -0.25) is 9.36 Å². The highest BCUT2D eigenvalue weighted by molar-refractivity contribution is 5.82. The summed E-state index contributed by atoms with van der Waals surface area (Å²) in [6.07, 6.45) is 1.44. The number of hydrogen-bond acceptors (Lipinski definition) is 5. The average Bonchev–Trinajstić information content (AvgIpc) is 3.42. The van der Waals surface area contributed by atoms with Gasteiger partial charge in [0.25, 0.3) is 5.56 Å². The monoisotopic (exact) mass is 464 g/mol. The van der Waals surface area contributed by atoms with Gasteiger partial charge in [-0.05, 0) is 45.7 Å². The Labute approximate surface area is 201 Å². The fourth-order valence-electron chi connectivity index (χ4n) is 4.36. The summed E-state index contributed by atoms with van der Waals surface area (Å²) >= 11 is 0.